The third-order valence-corrected chi connectivity index (χ3v) is 4.48. The highest BCUT2D eigenvalue weighted by Gasteiger charge is 2.17. The average Bonchev–Trinajstić information content (AvgIpc) is 2.53. The lowest BCUT2D eigenvalue weighted by Gasteiger charge is -2.20. The Hall–Kier alpha value is -1.31. The van der Waals surface area contributed by atoms with Crippen LogP contribution in [0.15, 0.2) is 24.3 Å². The monoisotopic (exact) mass is 303 g/mol. The van der Waals surface area contributed by atoms with Gasteiger partial charge in [0.25, 0.3) is 0 Å². The van der Waals surface area contributed by atoms with E-state index < -0.39 is 0 Å². The van der Waals surface area contributed by atoms with Crippen molar-refractivity contribution in [3.05, 3.63) is 35.4 Å². The highest BCUT2D eigenvalue weighted by molar-refractivity contribution is 5.94. The van der Waals surface area contributed by atoms with Crippen molar-refractivity contribution in [1.29, 1.82) is 0 Å². The number of hydrogen-bond acceptors (Lipinski definition) is 1. The van der Waals surface area contributed by atoms with Gasteiger partial charge in [-0.3, -0.25) is 4.79 Å². The van der Waals surface area contributed by atoms with Crippen LogP contribution in [0.1, 0.15) is 99.9 Å². The van der Waals surface area contributed by atoms with Crippen molar-refractivity contribution in [1.82, 2.24) is 0 Å². The van der Waals surface area contributed by atoms with Crippen LogP contribution in [0.4, 0.5) is 0 Å². The van der Waals surface area contributed by atoms with Crippen LogP contribution in [0.25, 0.3) is 0 Å². The van der Waals surface area contributed by atoms with E-state index in [1.165, 1.54) is 69.8 Å². The molecule has 124 valence electrons. The number of rotatable bonds is 12. The molecule has 0 spiro atoms. The third-order valence-electron chi connectivity index (χ3n) is 4.48. The zero-order valence-electron chi connectivity index (χ0n) is 14.4. The minimum absolute atomic E-state index is 0.289. The number of unbranched alkanes of at least 4 members (excludes halogenated alkanes) is 6. The average molecular weight is 303 g/mol. The Morgan fingerprint density at radius 2 is 1.45 bits per heavy atom. The van der Waals surface area contributed by atoms with Crippen LogP contribution in [0.5, 0.6) is 0 Å². The molecule has 2 nitrogen and oxygen atoms in total. The van der Waals surface area contributed by atoms with Crippen molar-refractivity contribution >= 4 is 5.91 Å². The maximum atomic E-state index is 11.7. The molecule has 0 radical (unpaired) electrons. The molecule has 2 N–H and O–H groups in total. The fraction of sp³-hybridized carbons (Fsp3) is 0.650. The van der Waals surface area contributed by atoms with Gasteiger partial charge in [0.1, 0.15) is 0 Å². The fourth-order valence-electron chi connectivity index (χ4n) is 3.17. The van der Waals surface area contributed by atoms with Crippen molar-refractivity contribution in [2.75, 3.05) is 0 Å². The Kier molecular flexibility index (Phi) is 9.61. The van der Waals surface area contributed by atoms with Gasteiger partial charge in [-0.05, 0) is 30.4 Å². The summed E-state index contributed by atoms with van der Waals surface area (Å²) in [5.41, 5.74) is 7.46. The predicted molar refractivity (Wildman–Crippen MR) is 95.2 cm³/mol. The summed E-state index contributed by atoms with van der Waals surface area (Å²) >= 11 is 0. The van der Waals surface area contributed by atoms with Gasteiger partial charge >= 0.3 is 0 Å². The molecule has 0 fully saturated rings. The van der Waals surface area contributed by atoms with Crippen molar-refractivity contribution < 1.29 is 4.79 Å². The summed E-state index contributed by atoms with van der Waals surface area (Å²) in [6.07, 6.45) is 12.6. The van der Waals surface area contributed by atoms with Gasteiger partial charge in [-0.1, -0.05) is 83.4 Å². The summed E-state index contributed by atoms with van der Waals surface area (Å²) in [6.45, 7) is 4.48. The number of carbonyl (C=O) groups is 1. The largest absolute Gasteiger partial charge is 0.366 e. The molecular weight excluding hydrogens is 270 g/mol. The van der Waals surface area contributed by atoms with Gasteiger partial charge in [-0.15, -0.1) is 0 Å². The van der Waals surface area contributed by atoms with E-state index in [0.29, 0.717) is 5.92 Å². The lowest BCUT2D eigenvalue weighted by Crippen LogP contribution is -2.15. The van der Waals surface area contributed by atoms with Gasteiger partial charge in [0.2, 0.25) is 5.91 Å². The molecule has 0 aliphatic rings. The number of primary amides is 1. The second-order valence-corrected chi connectivity index (χ2v) is 6.35. The molecule has 0 aromatic heterocycles. The molecule has 0 aliphatic carbocycles. The highest BCUT2D eigenvalue weighted by Crippen LogP contribution is 2.30. The first kappa shape index (κ1) is 18.7. The molecule has 0 atom stereocenters. The molecule has 0 unspecified atom stereocenters. The molecule has 0 saturated heterocycles. The second kappa shape index (κ2) is 11.3. The molecule has 1 rings (SSSR count). The summed E-state index contributed by atoms with van der Waals surface area (Å²) in [7, 11) is 0. The normalized spacial score (nSPS) is 11.0. The van der Waals surface area contributed by atoms with E-state index >= 15 is 0 Å². The van der Waals surface area contributed by atoms with Crippen LogP contribution in [-0.4, -0.2) is 5.91 Å². The number of carbonyl (C=O) groups excluding carboxylic acids is 1. The van der Waals surface area contributed by atoms with Crippen LogP contribution < -0.4 is 5.73 Å². The zero-order valence-corrected chi connectivity index (χ0v) is 14.4. The first-order valence-corrected chi connectivity index (χ1v) is 9.09. The Balaban J connectivity index is 2.72. The number of hydrogen-bond donors (Lipinski definition) is 1. The van der Waals surface area contributed by atoms with Gasteiger partial charge in [-0.2, -0.15) is 0 Å². The van der Waals surface area contributed by atoms with Crippen molar-refractivity contribution in [2.45, 2.75) is 84.0 Å². The molecule has 1 aromatic carbocycles. The standard InChI is InChI=1S/C20H33NO/c1-3-5-7-9-13-17(14-10-8-6-4-2)18-15-11-12-16-19(18)20(21)22/h11-12,15-17H,3-10,13-14H2,1-2H3,(H2,21,22). The lowest BCUT2D eigenvalue weighted by molar-refractivity contribution is 0.0998. The Morgan fingerprint density at radius 3 is 1.95 bits per heavy atom. The minimum atomic E-state index is -0.289. The van der Waals surface area contributed by atoms with E-state index in [4.69, 9.17) is 5.73 Å². The summed E-state index contributed by atoms with van der Waals surface area (Å²) in [4.78, 5) is 11.7. The predicted octanol–water partition coefficient (Wildman–Crippen LogP) is 5.81. The topological polar surface area (TPSA) is 43.1 Å². The molecule has 1 aromatic rings. The molecule has 1 amide bonds. The molecule has 0 heterocycles. The smallest absolute Gasteiger partial charge is 0.248 e. The van der Waals surface area contributed by atoms with E-state index in [1.807, 2.05) is 18.2 Å². The van der Waals surface area contributed by atoms with Gasteiger partial charge in [0.05, 0.1) is 0 Å². The first-order valence-electron chi connectivity index (χ1n) is 9.09. The maximum absolute atomic E-state index is 11.7. The number of nitrogens with two attached hydrogens (primary N) is 1. The van der Waals surface area contributed by atoms with Crippen molar-refractivity contribution in [2.24, 2.45) is 5.73 Å². The molecule has 0 aliphatic heterocycles. The van der Waals surface area contributed by atoms with Crippen molar-refractivity contribution in [3.8, 4) is 0 Å². The SMILES string of the molecule is CCCCCCC(CCCCCC)c1ccccc1C(N)=O. The lowest BCUT2D eigenvalue weighted by atomic mass is 9.85. The van der Waals surface area contributed by atoms with E-state index in [2.05, 4.69) is 19.9 Å². The minimum Gasteiger partial charge on any atom is -0.366 e. The van der Waals surface area contributed by atoms with E-state index in [9.17, 15) is 4.79 Å². The van der Waals surface area contributed by atoms with E-state index in [1.54, 1.807) is 0 Å². The van der Waals surface area contributed by atoms with Crippen LogP contribution in [0.3, 0.4) is 0 Å². The maximum Gasteiger partial charge on any atom is 0.248 e. The van der Waals surface area contributed by atoms with Crippen molar-refractivity contribution in [3.63, 3.8) is 0 Å². The summed E-state index contributed by atoms with van der Waals surface area (Å²) in [5.74, 6) is 0.195. The van der Waals surface area contributed by atoms with Crippen LogP contribution in [0, 0.1) is 0 Å². The highest BCUT2D eigenvalue weighted by atomic mass is 16.1. The number of benzene rings is 1. The molecule has 0 bridgehead atoms. The molecule has 22 heavy (non-hydrogen) atoms. The quantitative estimate of drug-likeness (QED) is 0.486. The van der Waals surface area contributed by atoms with Gasteiger partial charge in [0, 0.05) is 5.56 Å². The summed E-state index contributed by atoms with van der Waals surface area (Å²) in [6, 6.07) is 7.93. The molecular formula is C20H33NO. The second-order valence-electron chi connectivity index (χ2n) is 6.35. The van der Waals surface area contributed by atoms with Crippen LogP contribution in [-0.2, 0) is 0 Å². The van der Waals surface area contributed by atoms with E-state index in [0.717, 1.165) is 5.56 Å². The van der Waals surface area contributed by atoms with Crippen LogP contribution in [0.2, 0.25) is 0 Å². The molecule has 2 heteroatoms. The number of amides is 1. The van der Waals surface area contributed by atoms with Crippen LogP contribution >= 0.6 is 0 Å². The summed E-state index contributed by atoms with van der Waals surface area (Å²) < 4.78 is 0. The summed E-state index contributed by atoms with van der Waals surface area (Å²) in [5, 5.41) is 0. The Bertz CT molecular complexity index is 415. The zero-order chi connectivity index (χ0) is 16.2. The van der Waals surface area contributed by atoms with Gasteiger partial charge in [0.15, 0.2) is 0 Å². The van der Waals surface area contributed by atoms with Gasteiger partial charge < -0.3 is 5.73 Å². The molecule has 0 saturated carbocycles. The van der Waals surface area contributed by atoms with E-state index in [-0.39, 0.29) is 5.91 Å². The van der Waals surface area contributed by atoms with Gasteiger partial charge in [-0.25, -0.2) is 0 Å². The Morgan fingerprint density at radius 1 is 0.909 bits per heavy atom. The first-order chi connectivity index (χ1) is 10.7. The third kappa shape index (κ3) is 6.64. The fourth-order valence-corrected chi connectivity index (χ4v) is 3.17. The Labute approximate surface area is 136 Å².